The second-order valence-corrected chi connectivity index (χ2v) is 9.04. The minimum atomic E-state index is -2.88. The van der Waals surface area contributed by atoms with Crippen LogP contribution in [0.15, 0.2) is 29.0 Å². The number of nitrogens with two attached hydrogens (primary N) is 1. The van der Waals surface area contributed by atoms with Crippen molar-refractivity contribution in [3.8, 4) is 0 Å². The number of Topliss-reactive ketones (excluding diaryl/α,β-unsaturated/α-hetero) is 2. The van der Waals surface area contributed by atoms with Gasteiger partial charge in [-0.2, -0.15) is 0 Å². The zero-order chi connectivity index (χ0) is 24.8. The Hall–Kier alpha value is -3.15. The summed E-state index contributed by atoms with van der Waals surface area (Å²) < 4.78 is 29.3. The fourth-order valence-corrected chi connectivity index (χ4v) is 5.56. The first-order valence-electron chi connectivity index (χ1n) is 10.0. The number of benzene rings is 1. The number of likely N-dealkylation sites (N-methyl/N-ethyl adjacent to an activating group) is 1. The zero-order valence-corrected chi connectivity index (χ0v) is 17.9. The fraction of sp³-hybridized carbons (Fsp3) is 0.409. The van der Waals surface area contributed by atoms with Crippen LogP contribution in [0.25, 0.3) is 5.76 Å². The molecule has 4 rings (SSSR count). The molecule has 1 unspecified atom stereocenters. The number of carbonyl (C=O) groups excluding carboxylic acids is 3. The number of fused-ring (bicyclic) bond motifs is 3. The smallest absolute Gasteiger partial charge is 0.255 e. The van der Waals surface area contributed by atoms with Crippen molar-refractivity contribution >= 4 is 23.2 Å². The molecule has 0 aromatic heterocycles. The maximum absolute atomic E-state index is 14.7. The van der Waals surface area contributed by atoms with E-state index in [0.29, 0.717) is 6.07 Å². The number of ketones is 2. The Balaban J connectivity index is 2.07. The number of hydrogen-bond donors (Lipinski definition) is 5. The molecule has 5 atom stereocenters. The zero-order valence-electron chi connectivity index (χ0n) is 17.9. The van der Waals surface area contributed by atoms with Crippen LogP contribution in [0, 0.1) is 23.5 Å². The van der Waals surface area contributed by atoms with Crippen molar-refractivity contribution in [2.45, 2.75) is 30.6 Å². The number of hydrogen-bond acceptors (Lipinski definition) is 8. The highest BCUT2D eigenvalue weighted by Gasteiger charge is 2.66. The van der Waals surface area contributed by atoms with Gasteiger partial charge >= 0.3 is 0 Å². The van der Waals surface area contributed by atoms with Crippen molar-refractivity contribution in [2.75, 3.05) is 14.1 Å². The summed E-state index contributed by atoms with van der Waals surface area (Å²) in [5.74, 6) is -10.9. The predicted molar refractivity (Wildman–Crippen MR) is 108 cm³/mol. The maximum Gasteiger partial charge on any atom is 0.255 e. The highest BCUT2D eigenvalue weighted by Crippen LogP contribution is 2.56. The molecule has 1 aromatic rings. The molecule has 0 heterocycles. The molecule has 1 saturated carbocycles. The lowest BCUT2D eigenvalue weighted by atomic mass is 9.54. The predicted octanol–water partition coefficient (Wildman–Crippen LogP) is 0.202. The molecule has 6 N–H and O–H groups in total. The molecule has 0 aliphatic heterocycles. The molecule has 11 heteroatoms. The SMILES string of the molecule is CN(C)[C@@H]1C(=O)C(C(N)=O)=C(O)[C@]2(O)C(=O)C3=C(O)c4c(F)ccc(F)c4C(C)(O)[C@H]3C[C@H]12. The fourth-order valence-electron chi connectivity index (χ4n) is 5.56. The lowest BCUT2D eigenvalue weighted by molar-refractivity contribution is -0.159. The quantitative estimate of drug-likeness (QED) is 0.388. The van der Waals surface area contributed by atoms with Gasteiger partial charge in [-0.15, -0.1) is 0 Å². The molecule has 33 heavy (non-hydrogen) atoms. The van der Waals surface area contributed by atoms with Crippen LogP contribution >= 0.6 is 0 Å². The molecule has 3 aliphatic rings. The Labute approximate surface area is 186 Å². The molecule has 9 nitrogen and oxygen atoms in total. The second kappa shape index (κ2) is 6.92. The van der Waals surface area contributed by atoms with Gasteiger partial charge in [0, 0.05) is 23.0 Å². The Bertz CT molecular complexity index is 1200. The monoisotopic (exact) mass is 464 g/mol. The van der Waals surface area contributed by atoms with Crippen LogP contribution in [0.4, 0.5) is 8.78 Å². The standard InChI is InChI=1S/C22H22F2N2O7/c1-21(32)7-6-8-15(26(2)3)17(28)13(20(25)31)19(30)22(8,33)18(29)11(7)16(27)12-9(23)4-5-10(24)14(12)21/h4-5,7-8,15,27,30,32-33H,6H2,1-3H3,(H2,25,31)/t7-,8+,15-,21?,22+/m0/s1. The molecular weight excluding hydrogens is 442 g/mol. The molecule has 176 valence electrons. The van der Waals surface area contributed by atoms with Gasteiger partial charge in [0.2, 0.25) is 5.78 Å². The summed E-state index contributed by atoms with van der Waals surface area (Å²) in [6, 6.07) is 0.133. The summed E-state index contributed by atoms with van der Waals surface area (Å²) in [5, 5.41) is 44.3. The van der Waals surface area contributed by atoms with Crippen LogP contribution < -0.4 is 5.73 Å². The van der Waals surface area contributed by atoms with Gasteiger partial charge in [0.15, 0.2) is 11.4 Å². The topological polar surface area (TPSA) is 161 Å². The number of carbonyl (C=O) groups is 3. The van der Waals surface area contributed by atoms with Gasteiger partial charge in [0.1, 0.15) is 28.7 Å². The van der Waals surface area contributed by atoms with Gasteiger partial charge in [0.25, 0.3) is 5.91 Å². The van der Waals surface area contributed by atoms with Crippen molar-refractivity contribution in [1.29, 1.82) is 0 Å². The molecule has 1 amide bonds. The Morgan fingerprint density at radius 1 is 1.15 bits per heavy atom. The number of aliphatic hydroxyl groups is 4. The lowest BCUT2D eigenvalue weighted by Crippen LogP contribution is -2.67. The van der Waals surface area contributed by atoms with E-state index in [-0.39, 0.29) is 0 Å². The average molecular weight is 464 g/mol. The maximum atomic E-state index is 14.7. The van der Waals surface area contributed by atoms with E-state index in [0.717, 1.165) is 13.0 Å². The number of primary amides is 1. The van der Waals surface area contributed by atoms with Crippen LogP contribution in [0.1, 0.15) is 24.5 Å². The molecule has 0 bridgehead atoms. The van der Waals surface area contributed by atoms with Crippen molar-refractivity contribution in [1.82, 2.24) is 4.90 Å². The highest BCUT2D eigenvalue weighted by molar-refractivity contribution is 6.24. The van der Waals surface area contributed by atoms with Gasteiger partial charge in [-0.25, -0.2) is 8.78 Å². The van der Waals surface area contributed by atoms with Crippen molar-refractivity contribution in [2.24, 2.45) is 17.6 Å². The van der Waals surface area contributed by atoms with Gasteiger partial charge < -0.3 is 26.2 Å². The first kappa shape index (κ1) is 23.0. The largest absolute Gasteiger partial charge is 0.508 e. The van der Waals surface area contributed by atoms with E-state index in [9.17, 15) is 43.6 Å². The van der Waals surface area contributed by atoms with E-state index in [1.807, 2.05) is 0 Å². The van der Waals surface area contributed by atoms with Crippen molar-refractivity contribution < 1.29 is 43.6 Å². The number of aliphatic hydroxyl groups excluding tert-OH is 2. The summed E-state index contributed by atoms with van der Waals surface area (Å²) in [6.45, 7) is 1.13. The van der Waals surface area contributed by atoms with Gasteiger partial charge in [-0.05, 0) is 39.6 Å². The average Bonchev–Trinajstić information content (AvgIpc) is 2.69. The molecule has 0 radical (unpaired) electrons. The Morgan fingerprint density at radius 2 is 1.73 bits per heavy atom. The minimum absolute atomic E-state index is 0.408. The molecule has 1 fully saturated rings. The van der Waals surface area contributed by atoms with Crippen LogP contribution in [0.5, 0.6) is 0 Å². The van der Waals surface area contributed by atoms with Crippen LogP contribution in [0.3, 0.4) is 0 Å². The van der Waals surface area contributed by atoms with E-state index in [4.69, 9.17) is 5.73 Å². The Kier molecular flexibility index (Phi) is 4.83. The van der Waals surface area contributed by atoms with Gasteiger partial charge in [0.05, 0.1) is 17.2 Å². The molecular formula is C22H22F2N2O7. The summed E-state index contributed by atoms with van der Waals surface area (Å²) in [5.41, 5.74) is -2.85. The van der Waals surface area contributed by atoms with Crippen LogP contribution in [-0.4, -0.2) is 68.5 Å². The van der Waals surface area contributed by atoms with E-state index in [1.54, 1.807) is 0 Å². The Morgan fingerprint density at radius 3 is 2.27 bits per heavy atom. The van der Waals surface area contributed by atoms with Crippen molar-refractivity contribution in [3.63, 3.8) is 0 Å². The summed E-state index contributed by atoms with van der Waals surface area (Å²) in [6.07, 6.45) is -0.408. The third kappa shape index (κ3) is 2.69. The minimum Gasteiger partial charge on any atom is -0.508 e. The lowest BCUT2D eigenvalue weighted by Gasteiger charge is -2.53. The number of halogens is 2. The molecule has 1 aromatic carbocycles. The summed E-state index contributed by atoms with van der Waals surface area (Å²) in [4.78, 5) is 39.8. The number of rotatable bonds is 2. The van der Waals surface area contributed by atoms with E-state index in [1.165, 1.54) is 19.0 Å². The normalized spacial score (nSPS) is 33.8. The third-order valence-electron chi connectivity index (χ3n) is 7.04. The first-order valence-corrected chi connectivity index (χ1v) is 10.0. The van der Waals surface area contributed by atoms with E-state index < -0.39 is 98.4 Å². The van der Waals surface area contributed by atoms with Crippen LogP contribution in [0.2, 0.25) is 0 Å². The third-order valence-corrected chi connectivity index (χ3v) is 7.04. The van der Waals surface area contributed by atoms with Crippen molar-refractivity contribution in [3.05, 3.63) is 51.8 Å². The van der Waals surface area contributed by atoms with Gasteiger partial charge in [-0.1, -0.05) is 0 Å². The number of amides is 1. The second-order valence-electron chi connectivity index (χ2n) is 9.04. The van der Waals surface area contributed by atoms with Crippen LogP contribution in [-0.2, 0) is 20.0 Å². The van der Waals surface area contributed by atoms with E-state index >= 15 is 0 Å². The first-order chi connectivity index (χ1) is 15.2. The molecule has 3 aliphatic carbocycles. The van der Waals surface area contributed by atoms with Gasteiger partial charge in [-0.3, -0.25) is 19.3 Å². The molecule has 0 spiro atoms. The summed E-state index contributed by atoms with van der Waals surface area (Å²) in [7, 11) is 2.86. The summed E-state index contributed by atoms with van der Waals surface area (Å²) >= 11 is 0. The molecule has 0 saturated heterocycles. The van der Waals surface area contributed by atoms with E-state index in [2.05, 4.69) is 0 Å². The highest BCUT2D eigenvalue weighted by atomic mass is 19.1. The number of nitrogens with zero attached hydrogens (tertiary/aromatic N) is 1.